The molecule has 1 aliphatic rings. The Morgan fingerprint density at radius 2 is 2.00 bits per heavy atom. The Kier molecular flexibility index (Phi) is 3.78. The third kappa shape index (κ3) is 2.81. The molecule has 1 aromatic heterocycles. The van der Waals surface area contributed by atoms with E-state index in [0.717, 1.165) is 18.0 Å². The predicted molar refractivity (Wildman–Crippen MR) is 59.7 cm³/mol. The molecule has 2 rings (SSSR count). The molecular formula is C12H20N2O. The highest BCUT2D eigenvalue weighted by Crippen LogP contribution is 2.30. The lowest BCUT2D eigenvalue weighted by Crippen LogP contribution is -2.03. The van der Waals surface area contributed by atoms with Gasteiger partial charge in [-0.05, 0) is 12.8 Å². The second-order valence-corrected chi connectivity index (χ2v) is 4.39. The van der Waals surface area contributed by atoms with Crippen LogP contribution in [-0.2, 0) is 6.42 Å². The molecule has 0 aliphatic heterocycles. The molecule has 0 aromatic carbocycles. The average molecular weight is 208 g/mol. The van der Waals surface area contributed by atoms with E-state index < -0.39 is 0 Å². The zero-order chi connectivity index (χ0) is 10.5. The van der Waals surface area contributed by atoms with E-state index in [2.05, 4.69) is 4.98 Å². The maximum atomic E-state index is 5.47. The lowest BCUT2D eigenvalue weighted by Gasteiger charge is -2.08. The number of nitrogens with zero attached hydrogens (tertiary/aromatic N) is 1. The van der Waals surface area contributed by atoms with Crippen LogP contribution in [0.4, 0.5) is 0 Å². The molecule has 1 saturated carbocycles. The number of nitrogens with two attached hydrogens (primary N) is 1. The van der Waals surface area contributed by atoms with E-state index in [1.54, 1.807) is 0 Å². The molecule has 1 aromatic rings. The highest BCUT2D eigenvalue weighted by atomic mass is 16.3. The Hall–Kier alpha value is -0.830. The van der Waals surface area contributed by atoms with Gasteiger partial charge in [0.25, 0.3) is 0 Å². The van der Waals surface area contributed by atoms with E-state index in [1.807, 2.05) is 6.26 Å². The summed E-state index contributed by atoms with van der Waals surface area (Å²) in [6.45, 7) is 0.616. The van der Waals surface area contributed by atoms with E-state index in [9.17, 15) is 0 Å². The minimum Gasteiger partial charge on any atom is -0.449 e. The number of hydrogen-bond donors (Lipinski definition) is 1. The second-order valence-electron chi connectivity index (χ2n) is 4.39. The van der Waals surface area contributed by atoms with Crippen molar-refractivity contribution in [3.63, 3.8) is 0 Å². The van der Waals surface area contributed by atoms with Crippen LogP contribution in [0.25, 0.3) is 0 Å². The lowest BCUT2D eigenvalue weighted by molar-refractivity contribution is 0.494. The molecule has 0 saturated heterocycles. The maximum Gasteiger partial charge on any atom is 0.195 e. The largest absolute Gasteiger partial charge is 0.449 e. The van der Waals surface area contributed by atoms with Gasteiger partial charge in [-0.25, -0.2) is 4.98 Å². The molecule has 0 amide bonds. The topological polar surface area (TPSA) is 52.0 Å². The standard InChI is InChI=1S/C12H20N2O/c13-8-7-12-14-11(9-15-12)10-5-3-1-2-4-6-10/h9-10H,1-8,13H2. The third-order valence-electron chi connectivity index (χ3n) is 3.20. The summed E-state index contributed by atoms with van der Waals surface area (Å²) in [5.41, 5.74) is 6.63. The van der Waals surface area contributed by atoms with Crippen molar-refractivity contribution in [3.8, 4) is 0 Å². The van der Waals surface area contributed by atoms with Gasteiger partial charge in [0.2, 0.25) is 0 Å². The Balaban J connectivity index is 2.00. The fourth-order valence-corrected chi connectivity index (χ4v) is 2.33. The van der Waals surface area contributed by atoms with Crippen molar-refractivity contribution in [2.24, 2.45) is 5.73 Å². The molecule has 15 heavy (non-hydrogen) atoms. The summed E-state index contributed by atoms with van der Waals surface area (Å²) in [7, 11) is 0. The van der Waals surface area contributed by atoms with Crippen molar-refractivity contribution in [1.29, 1.82) is 0 Å². The van der Waals surface area contributed by atoms with Crippen LogP contribution >= 0.6 is 0 Å². The van der Waals surface area contributed by atoms with Crippen LogP contribution in [0.5, 0.6) is 0 Å². The molecular weight excluding hydrogens is 188 g/mol. The van der Waals surface area contributed by atoms with Crippen LogP contribution in [0.1, 0.15) is 56.0 Å². The Morgan fingerprint density at radius 1 is 1.27 bits per heavy atom. The van der Waals surface area contributed by atoms with E-state index in [4.69, 9.17) is 10.2 Å². The minimum atomic E-state index is 0.616. The van der Waals surface area contributed by atoms with Gasteiger partial charge in [0.05, 0.1) is 5.69 Å². The lowest BCUT2D eigenvalue weighted by atomic mass is 9.97. The van der Waals surface area contributed by atoms with Crippen LogP contribution < -0.4 is 5.73 Å². The third-order valence-corrected chi connectivity index (χ3v) is 3.20. The fraction of sp³-hybridized carbons (Fsp3) is 0.750. The van der Waals surface area contributed by atoms with Gasteiger partial charge in [-0.1, -0.05) is 25.7 Å². The van der Waals surface area contributed by atoms with Gasteiger partial charge < -0.3 is 10.2 Å². The zero-order valence-corrected chi connectivity index (χ0v) is 9.24. The SMILES string of the molecule is NCCc1nc(C2CCCCCC2)co1. The van der Waals surface area contributed by atoms with Gasteiger partial charge in [-0.2, -0.15) is 0 Å². The van der Waals surface area contributed by atoms with Crippen molar-refractivity contribution in [2.45, 2.75) is 50.9 Å². The van der Waals surface area contributed by atoms with E-state index in [1.165, 1.54) is 38.5 Å². The summed E-state index contributed by atoms with van der Waals surface area (Å²) in [5.74, 6) is 1.43. The first-order valence-electron chi connectivity index (χ1n) is 6.04. The first kappa shape index (κ1) is 10.7. The number of oxazole rings is 1. The highest BCUT2D eigenvalue weighted by Gasteiger charge is 2.17. The molecule has 3 heteroatoms. The quantitative estimate of drug-likeness (QED) is 0.777. The van der Waals surface area contributed by atoms with Crippen LogP contribution in [0.3, 0.4) is 0 Å². The zero-order valence-electron chi connectivity index (χ0n) is 9.24. The molecule has 1 fully saturated rings. The summed E-state index contributed by atoms with van der Waals surface area (Å²) in [4.78, 5) is 4.52. The molecule has 84 valence electrons. The average Bonchev–Trinajstić information content (AvgIpc) is 2.53. The first-order chi connectivity index (χ1) is 7.40. The second kappa shape index (κ2) is 5.31. The van der Waals surface area contributed by atoms with Crippen molar-refractivity contribution in [1.82, 2.24) is 4.98 Å². The van der Waals surface area contributed by atoms with Crippen LogP contribution in [0.2, 0.25) is 0 Å². The monoisotopic (exact) mass is 208 g/mol. The number of hydrogen-bond acceptors (Lipinski definition) is 3. The highest BCUT2D eigenvalue weighted by molar-refractivity contribution is 5.05. The van der Waals surface area contributed by atoms with Gasteiger partial charge in [0, 0.05) is 18.9 Å². The van der Waals surface area contributed by atoms with Crippen molar-refractivity contribution in [2.75, 3.05) is 6.54 Å². The Bertz CT molecular complexity index is 288. The molecule has 1 heterocycles. The smallest absolute Gasteiger partial charge is 0.195 e. The van der Waals surface area contributed by atoms with Gasteiger partial charge in [0.15, 0.2) is 5.89 Å². The van der Waals surface area contributed by atoms with E-state index in [0.29, 0.717) is 12.5 Å². The van der Waals surface area contributed by atoms with Crippen molar-refractivity contribution >= 4 is 0 Å². The minimum absolute atomic E-state index is 0.616. The summed E-state index contributed by atoms with van der Waals surface area (Å²) in [6.07, 6.45) is 10.6. The van der Waals surface area contributed by atoms with Gasteiger partial charge in [0.1, 0.15) is 6.26 Å². The van der Waals surface area contributed by atoms with Crippen LogP contribution in [-0.4, -0.2) is 11.5 Å². The van der Waals surface area contributed by atoms with Crippen LogP contribution in [0, 0.1) is 0 Å². The predicted octanol–water partition coefficient (Wildman–Crippen LogP) is 2.61. The van der Waals surface area contributed by atoms with Crippen LogP contribution in [0.15, 0.2) is 10.7 Å². The molecule has 0 radical (unpaired) electrons. The van der Waals surface area contributed by atoms with E-state index >= 15 is 0 Å². The normalized spacial score (nSPS) is 19.0. The summed E-state index contributed by atoms with van der Waals surface area (Å²) < 4.78 is 5.41. The molecule has 2 N–H and O–H groups in total. The summed E-state index contributed by atoms with van der Waals surface area (Å²) >= 11 is 0. The summed E-state index contributed by atoms with van der Waals surface area (Å²) in [6, 6.07) is 0. The fourth-order valence-electron chi connectivity index (χ4n) is 2.33. The number of rotatable bonds is 3. The molecule has 1 aliphatic carbocycles. The van der Waals surface area contributed by atoms with Crippen molar-refractivity contribution < 1.29 is 4.42 Å². The summed E-state index contributed by atoms with van der Waals surface area (Å²) in [5, 5.41) is 0. The van der Waals surface area contributed by atoms with Gasteiger partial charge in [-0.15, -0.1) is 0 Å². The maximum absolute atomic E-state index is 5.47. The van der Waals surface area contributed by atoms with E-state index in [-0.39, 0.29) is 0 Å². The first-order valence-corrected chi connectivity index (χ1v) is 6.04. The molecule has 3 nitrogen and oxygen atoms in total. The molecule has 0 unspecified atom stereocenters. The van der Waals surface area contributed by atoms with Gasteiger partial charge in [-0.3, -0.25) is 0 Å². The Labute approximate surface area is 91.1 Å². The molecule has 0 atom stereocenters. The Morgan fingerprint density at radius 3 is 2.67 bits per heavy atom. The van der Waals surface area contributed by atoms with Crippen molar-refractivity contribution in [3.05, 3.63) is 17.8 Å². The van der Waals surface area contributed by atoms with Gasteiger partial charge >= 0.3 is 0 Å². The molecule has 0 bridgehead atoms. The molecule has 0 spiro atoms. The number of aromatic nitrogens is 1.